The third kappa shape index (κ3) is 4.10. The predicted molar refractivity (Wildman–Crippen MR) is 86.3 cm³/mol. The molecule has 1 aliphatic rings. The second-order valence-electron chi connectivity index (χ2n) is 5.70. The van der Waals surface area contributed by atoms with Gasteiger partial charge in [0.05, 0.1) is 12.2 Å². The Morgan fingerprint density at radius 3 is 2.59 bits per heavy atom. The maximum atomic E-state index is 12.3. The Morgan fingerprint density at radius 2 is 2.05 bits per heavy atom. The van der Waals surface area contributed by atoms with Crippen molar-refractivity contribution in [1.29, 1.82) is 0 Å². The van der Waals surface area contributed by atoms with E-state index >= 15 is 0 Å². The van der Waals surface area contributed by atoms with E-state index < -0.39 is 0 Å². The number of nitrogens with zero attached hydrogens (tertiary/aromatic N) is 2. The number of carbonyl (C=O) groups is 1. The van der Waals surface area contributed by atoms with Gasteiger partial charge in [0.2, 0.25) is 5.91 Å². The number of amides is 1. The second-order valence-corrected chi connectivity index (χ2v) is 6.49. The zero-order valence-corrected chi connectivity index (χ0v) is 14.3. The Morgan fingerprint density at radius 1 is 1.41 bits per heavy atom. The van der Waals surface area contributed by atoms with E-state index in [1.54, 1.807) is 0 Å². The minimum atomic E-state index is -0.145. The van der Waals surface area contributed by atoms with Crippen LogP contribution in [0, 0.1) is 6.92 Å². The average Bonchev–Trinajstić information content (AvgIpc) is 2.44. The fraction of sp³-hybridized carbons (Fsp3) is 0.667. The van der Waals surface area contributed by atoms with E-state index in [9.17, 15) is 9.59 Å². The smallest absolute Gasteiger partial charge is 0.254 e. The molecule has 22 heavy (non-hydrogen) atoms. The Balaban J connectivity index is 2.01. The highest BCUT2D eigenvalue weighted by molar-refractivity contribution is 7.98. The molecule has 1 fully saturated rings. The van der Waals surface area contributed by atoms with Crippen molar-refractivity contribution in [3.63, 3.8) is 0 Å². The van der Waals surface area contributed by atoms with Gasteiger partial charge in [-0.2, -0.15) is 0 Å². The summed E-state index contributed by atoms with van der Waals surface area (Å²) in [6.45, 7) is 6.98. The number of hydrogen-bond acceptors (Lipinski definition) is 5. The topological polar surface area (TPSA) is 75.3 Å². The second kappa shape index (κ2) is 7.28. The number of carbonyl (C=O) groups excluding carboxylic acids is 1. The maximum absolute atomic E-state index is 12.3. The fourth-order valence-corrected chi connectivity index (χ4v) is 3.17. The number of rotatable bonds is 4. The average molecular weight is 325 g/mol. The summed E-state index contributed by atoms with van der Waals surface area (Å²) in [4.78, 5) is 33.3. The van der Waals surface area contributed by atoms with Gasteiger partial charge in [-0.05, 0) is 33.4 Å². The molecule has 2 unspecified atom stereocenters. The molecule has 2 rings (SSSR count). The van der Waals surface area contributed by atoms with Crippen LogP contribution in [0.15, 0.2) is 9.95 Å². The van der Waals surface area contributed by atoms with E-state index in [2.05, 4.69) is 9.97 Å². The summed E-state index contributed by atoms with van der Waals surface area (Å²) < 4.78 is 5.63. The molecule has 1 amide bonds. The van der Waals surface area contributed by atoms with Gasteiger partial charge in [0.25, 0.3) is 5.56 Å². The summed E-state index contributed by atoms with van der Waals surface area (Å²) in [5.74, 6) is 0.0646. The van der Waals surface area contributed by atoms with Crippen molar-refractivity contribution in [3.05, 3.63) is 21.6 Å². The van der Waals surface area contributed by atoms with Crippen molar-refractivity contribution in [2.45, 2.75) is 51.0 Å². The molecule has 0 aromatic carbocycles. The number of ether oxygens (including phenoxy) is 1. The third-order valence-corrected chi connectivity index (χ3v) is 4.34. The van der Waals surface area contributed by atoms with Crippen molar-refractivity contribution in [2.75, 3.05) is 19.3 Å². The van der Waals surface area contributed by atoms with E-state index in [0.717, 1.165) is 0 Å². The van der Waals surface area contributed by atoms with Crippen LogP contribution in [-0.4, -0.2) is 52.3 Å². The number of thioether (sulfide) groups is 1. The van der Waals surface area contributed by atoms with Crippen molar-refractivity contribution in [2.24, 2.45) is 0 Å². The van der Waals surface area contributed by atoms with Gasteiger partial charge >= 0.3 is 0 Å². The van der Waals surface area contributed by atoms with Crippen molar-refractivity contribution in [3.8, 4) is 0 Å². The highest BCUT2D eigenvalue weighted by Gasteiger charge is 2.25. The zero-order valence-electron chi connectivity index (χ0n) is 13.5. The minimum Gasteiger partial charge on any atom is -0.372 e. The van der Waals surface area contributed by atoms with Gasteiger partial charge in [0.1, 0.15) is 0 Å². The van der Waals surface area contributed by atoms with Crippen LogP contribution in [0.25, 0.3) is 0 Å². The van der Waals surface area contributed by atoms with Crippen LogP contribution >= 0.6 is 11.8 Å². The van der Waals surface area contributed by atoms with Gasteiger partial charge in [-0.1, -0.05) is 11.8 Å². The summed E-state index contributed by atoms with van der Waals surface area (Å²) in [6.07, 6.45) is 2.72. The largest absolute Gasteiger partial charge is 0.372 e. The third-order valence-electron chi connectivity index (χ3n) is 3.76. The van der Waals surface area contributed by atoms with Gasteiger partial charge in [0.15, 0.2) is 5.16 Å². The minimum absolute atomic E-state index is 0.0559. The van der Waals surface area contributed by atoms with Crippen LogP contribution in [0.1, 0.15) is 31.5 Å². The molecule has 2 heterocycles. The quantitative estimate of drug-likeness (QED) is 0.668. The Labute approximate surface area is 134 Å². The zero-order chi connectivity index (χ0) is 16.3. The normalized spacial score (nSPS) is 21.9. The van der Waals surface area contributed by atoms with Crippen LogP contribution in [-0.2, 0) is 16.0 Å². The van der Waals surface area contributed by atoms with Gasteiger partial charge in [0, 0.05) is 30.8 Å². The van der Waals surface area contributed by atoms with E-state index in [-0.39, 0.29) is 23.7 Å². The molecule has 1 aliphatic heterocycles. The summed E-state index contributed by atoms with van der Waals surface area (Å²) >= 11 is 1.40. The first-order valence-electron chi connectivity index (χ1n) is 7.47. The Hall–Kier alpha value is -1.34. The molecule has 0 radical (unpaired) electrons. The number of hydrogen-bond donors (Lipinski definition) is 1. The predicted octanol–water partition coefficient (Wildman–Crippen LogP) is 1.37. The lowest BCUT2D eigenvalue weighted by molar-refractivity contribution is -0.143. The molecule has 1 aromatic heterocycles. The first-order chi connectivity index (χ1) is 10.4. The van der Waals surface area contributed by atoms with Crippen molar-refractivity contribution in [1.82, 2.24) is 14.9 Å². The Kier molecular flexibility index (Phi) is 5.63. The van der Waals surface area contributed by atoms with Gasteiger partial charge in [-0.15, -0.1) is 0 Å². The molecule has 6 nitrogen and oxygen atoms in total. The highest BCUT2D eigenvalue weighted by Crippen LogP contribution is 2.14. The molecular weight excluding hydrogens is 302 g/mol. The summed E-state index contributed by atoms with van der Waals surface area (Å²) in [5.41, 5.74) is 1.15. The van der Waals surface area contributed by atoms with Gasteiger partial charge < -0.3 is 14.6 Å². The standard InChI is InChI=1S/C15H23N3O3S/c1-9-7-18(8-10(2)21-9)13(19)6-5-12-11(3)16-15(22-4)17-14(12)20/h9-10H,5-8H2,1-4H3,(H,16,17,20). The summed E-state index contributed by atoms with van der Waals surface area (Å²) in [6, 6.07) is 0. The Bertz CT molecular complexity index is 592. The van der Waals surface area contributed by atoms with E-state index in [0.29, 0.717) is 42.3 Å². The molecule has 1 aromatic rings. The SMILES string of the molecule is CSc1nc(C)c(CCC(=O)N2CC(C)OC(C)C2)c(=O)[nH]1. The van der Waals surface area contributed by atoms with Crippen molar-refractivity contribution >= 4 is 17.7 Å². The first-order valence-corrected chi connectivity index (χ1v) is 8.70. The number of aromatic nitrogens is 2. The molecule has 1 N–H and O–H groups in total. The monoisotopic (exact) mass is 325 g/mol. The molecule has 7 heteroatoms. The van der Waals surface area contributed by atoms with Gasteiger partial charge in [-0.3, -0.25) is 9.59 Å². The molecule has 1 saturated heterocycles. The lowest BCUT2D eigenvalue weighted by Gasteiger charge is -2.35. The molecule has 0 spiro atoms. The molecule has 0 saturated carbocycles. The van der Waals surface area contributed by atoms with E-state index in [4.69, 9.17) is 4.74 Å². The van der Waals surface area contributed by atoms with Crippen LogP contribution in [0.2, 0.25) is 0 Å². The number of H-pyrrole nitrogens is 1. The number of nitrogens with one attached hydrogen (secondary N) is 1. The molecule has 2 atom stereocenters. The fourth-order valence-electron chi connectivity index (χ4n) is 2.75. The molecule has 0 aliphatic carbocycles. The lowest BCUT2D eigenvalue weighted by atomic mass is 10.1. The highest BCUT2D eigenvalue weighted by atomic mass is 32.2. The summed E-state index contributed by atoms with van der Waals surface area (Å²) in [5, 5.41) is 0.605. The molecule has 122 valence electrons. The first kappa shape index (κ1) is 17.0. The molecular formula is C15H23N3O3S. The van der Waals surface area contributed by atoms with Crippen LogP contribution in [0.4, 0.5) is 0 Å². The van der Waals surface area contributed by atoms with Gasteiger partial charge in [-0.25, -0.2) is 4.98 Å². The van der Waals surface area contributed by atoms with Crippen LogP contribution in [0.3, 0.4) is 0 Å². The summed E-state index contributed by atoms with van der Waals surface area (Å²) in [7, 11) is 0. The van der Waals surface area contributed by atoms with Crippen molar-refractivity contribution < 1.29 is 9.53 Å². The molecule has 0 bridgehead atoms. The lowest BCUT2D eigenvalue weighted by Crippen LogP contribution is -2.48. The number of aromatic amines is 1. The maximum Gasteiger partial charge on any atom is 0.254 e. The van der Waals surface area contributed by atoms with Crippen LogP contribution in [0.5, 0.6) is 0 Å². The number of morpholine rings is 1. The van der Waals surface area contributed by atoms with E-state index in [1.807, 2.05) is 31.9 Å². The van der Waals surface area contributed by atoms with Crippen LogP contribution < -0.4 is 5.56 Å². The van der Waals surface area contributed by atoms with E-state index in [1.165, 1.54) is 11.8 Å². The number of aryl methyl sites for hydroxylation is 1.